The molecule has 1 fully saturated rings. The van der Waals surface area contributed by atoms with Crippen molar-refractivity contribution in [2.24, 2.45) is 0 Å². The molecule has 0 amide bonds. The van der Waals surface area contributed by atoms with Crippen molar-refractivity contribution in [3.8, 4) is 0 Å². The zero-order valence-corrected chi connectivity index (χ0v) is 11.5. The van der Waals surface area contributed by atoms with E-state index in [1.54, 1.807) is 0 Å². The predicted octanol–water partition coefficient (Wildman–Crippen LogP) is 0.868. The minimum Gasteiger partial charge on any atom is -0.391 e. The number of benzene rings is 1. The lowest BCUT2D eigenvalue weighted by molar-refractivity contribution is 0.148. The van der Waals surface area contributed by atoms with Crippen LogP contribution in [0.5, 0.6) is 0 Å². The maximum atomic E-state index is 14.0. The van der Waals surface area contributed by atoms with Crippen molar-refractivity contribution >= 4 is 10.0 Å². The van der Waals surface area contributed by atoms with Crippen LogP contribution in [0.3, 0.4) is 0 Å². The number of rotatable bonds is 3. The fourth-order valence-corrected chi connectivity index (χ4v) is 3.58. The first-order valence-corrected chi connectivity index (χ1v) is 7.58. The molecule has 0 bridgehead atoms. The van der Waals surface area contributed by atoms with Crippen LogP contribution in [0.2, 0.25) is 0 Å². The summed E-state index contributed by atoms with van der Waals surface area (Å²) in [4.78, 5) is -0.621. The van der Waals surface area contributed by atoms with Crippen molar-refractivity contribution in [2.45, 2.75) is 17.9 Å². The van der Waals surface area contributed by atoms with Crippen LogP contribution in [0.15, 0.2) is 17.0 Å². The van der Waals surface area contributed by atoms with Gasteiger partial charge < -0.3 is 9.84 Å². The highest BCUT2D eigenvalue weighted by molar-refractivity contribution is 7.89. The van der Waals surface area contributed by atoms with Crippen LogP contribution in [0.25, 0.3) is 0 Å². The third kappa shape index (κ3) is 2.83. The molecule has 0 spiro atoms. The van der Waals surface area contributed by atoms with Gasteiger partial charge in [0.1, 0.15) is 10.7 Å². The van der Waals surface area contributed by atoms with Crippen LogP contribution < -0.4 is 0 Å². The number of hydrogen-bond donors (Lipinski definition) is 1. The smallest absolute Gasteiger partial charge is 0.246 e. The molecule has 0 radical (unpaired) electrons. The molecule has 1 N–H and O–H groups in total. The largest absolute Gasteiger partial charge is 0.391 e. The first-order valence-electron chi connectivity index (χ1n) is 6.14. The second-order valence-corrected chi connectivity index (χ2v) is 6.27. The molecule has 1 aromatic carbocycles. The van der Waals surface area contributed by atoms with E-state index in [2.05, 4.69) is 0 Å². The van der Waals surface area contributed by atoms with Gasteiger partial charge in [-0.25, -0.2) is 17.2 Å². The summed E-state index contributed by atoms with van der Waals surface area (Å²) < 4.78 is 58.3. The van der Waals surface area contributed by atoms with Crippen molar-refractivity contribution < 1.29 is 27.0 Å². The number of ether oxygens (including phenoxy) is 1. The summed E-state index contributed by atoms with van der Waals surface area (Å²) in [5.74, 6) is -2.21. The normalized spacial score (nSPS) is 17.9. The number of sulfonamides is 1. The van der Waals surface area contributed by atoms with E-state index in [1.165, 1.54) is 0 Å². The van der Waals surface area contributed by atoms with Crippen molar-refractivity contribution in [2.75, 3.05) is 26.3 Å². The molecule has 112 valence electrons. The van der Waals surface area contributed by atoms with E-state index in [9.17, 15) is 17.2 Å². The number of aliphatic hydroxyl groups excluding tert-OH is 1. The molecule has 1 aliphatic heterocycles. The first kappa shape index (κ1) is 15.3. The molecule has 1 aliphatic rings. The topological polar surface area (TPSA) is 66.8 Å². The zero-order chi connectivity index (χ0) is 14.8. The minimum atomic E-state index is -4.06. The molecular formula is C12H15F2NO4S. The fraction of sp³-hybridized carbons (Fsp3) is 0.500. The zero-order valence-electron chi connectivity index (χ0n) is 10.7. The number of halogens is 2. The van der Waals surface area contributed by atoms with Gasteiger partial charge in [-0.15, -0.1) is 0 Å². The molecule has 5 nitrogen and oxygen atoms in total. The molecule has 0 unspecified atom stereocenters. The van der Waals surface area contributed by atoms with Gasteiger partial charge in [-0.05, 0) is 18.6 Å². The summed E-state index contributed by atoms with van der Waals surface area (Å²) in [5.41, 5.74) is -0.642. The number of nitrogens with zero attached hydrogens (tertiary/aromatic N) is 1. The third-order valence-corrected chi connectivity index (χ3v) is 5.02. The first-order chi connectivity index (χ1) is 9.48. The highest BCUT2D eigenvalue weighted by Crippen LogP contribution is 2.24. The van der Waals surface area contributed by atoms with E-state index >= 15 is 0 Å². The van der Waals surface area contributed by atoms with Gasteiger partial charge in [0.15, 0.2) is 5.82 Å². The highest BCUT2D eigenvalue weighted by Gasteiger charge is 2.30. The Labute approximate surface area is 115 Å². The monoisotopic (exact) mass is 307 g/mol. The Morgan fingerprint density at radius 2 is 2.00 bits per heavy atom. The molecule has 2 rings (SSSR count). The van der Waals surface area contributed by atoms with Crippen LogP contribution >= 0.6 is 0 Å². The summed E-state index contributed by atoms with van der Waals surface area (Å²) in [6.07, 6.45) is 0.509. The lowest BCUT2D eigenvalue weighted by Crippen LogP contribution is -2.34. The Balaban J connectivity index is 2.43. The van der Waals surface area contributed by atoms with Gasteiger partial charge >= 0.3 is 0 Å². The van der Waals surface area contributed by atoms with Crippen molar-refractivity contribution in [3.63, 3.8) is 0 Å². The molecule has 1 saturated heterocycles. The Morgan fingerprint density at radius 3 is 2.70 bits per heavy atom. The quantitative estimate of drug-likeness (QED) is 0.900. The summed E-state index contributed by atoms with van der Waals surface area (Å²) >= 11 is 0. The van der Waals surface area contributed by atoms with Gasteiger partial charge in [-0.1, -0.05) is 0 Å². The molecule has 1 heterocycles. The Hall–Kier alpha value is -1.09. The van der Waals surface area contributed by atoms with Crippen molar-refractivity contribution in [3.05, 3.63) is 29.3 Å². The molecule has 0 atom stereocenters. The van der Waals surface area contributed by atoms with Gasteiger partial charge in [0.25, 0.3) is 0 Å². The average Bonchev–Trinajstić information content (AvgIpc) is 2.68. The summed E-state index contributed by atoms with van der Waals surface area (Å²) in [6.45, 7) is 0.111. The molecule has 20 heavy (non-hydrogen) atoms. The Kier molecular flexibility index (Phi) is 4.69. The lowest BCUT2D eigenvalue weighted by atomic mass is 10.2. The Bertz CT molecular complexity index is 583. The van der Waals surface area contributed by atoms with Crippen LogP contribution in [0.1, 0.15) is 12.0 Å². The minimum absolute atomic E-state index is 0.119. The van der Waals surface area contributed by atoms with Gasteiger partial charge in [0.05, 0.1) is 18.8 Å². The molecule has 0 aromatic heterocycles. The second kappa shape index (κ2) is 6.13. The van der Waals surface area contributed by atoms with E-state index in [1.807, 2.05) is 0 Å². The maximum Gasteiger partial charge on any atom is 0.246 e. The van der Waals surface area contributed by atoms with Gasteiger partial charge in [-0.2, -0.15) is 4.31 Å². The lowest BCUT2D eigenvalue weighted by Gasteiger charge is -2.20. The van der Waals surface area contributed by atoms with Crippen LogP contribution in [0, 0.1) is 11.6 Å². The van der Waals surface area contributed by atoms with E-state index in [-0.39, 0.29) is 19.7 Å². The van der Waals surface area contributed by atoms with Crippen molar-refractivity contribution in [1.29, 1.82) is 0 Å². The predicted molar refractivity (Wildman–Crippen MR) is 66.5 cm³/mol. The fourth-order valence-electron chi connectivity index (χ4n) is 2.02. The van der Waals surface area contributed by atoms with Gasteiger partial charge in [0, 0.05) is 19.7 Å². The van der Waals surface area contributed by atoms with Gasteiger partial charge in [-0.3, -0.25) is 0 Å². The maximum absolute atomic E-state index is 14.0. The molecule has 8 heteroatoms. The van der Waals surface area contributed by atoms with E-state index < -0.39 is 38.7 Å². The van der Waals surface area contributed by atoms with Crippen molar-refractivity contribution in [1.82, 2.24) is 4.31 Å². The van der Waals surface area contributed by atoms with Gasteiger partial charge in [0.2, 0.25) is 10.0 Å². The van der Waals surface area contributed by atoms with Crippen LogP contribution in [0.4, 0.5) is 8.78 Å². The summed E-state index contributed by atoms with van der Waals surface area (Å²) in [7, 11) is -4.06. The van der Waals surface area contributed by atoms with Crippen LogP contribution in [-0.2, 0) is 21.4 Å². The number of aliphatic hydroxyl groups is 1. The standard InChI is InChI=1S/C12H15F2NO4S/c13-10-2-3-11(12(14)9(10)8-16)20(17,18)15-4-1-6-19-7-5-15/h2-3,16H,1,4-8H2. The van der Waals surface area contributed by atoms with Crippen LogP contribution in [-0.4, -0.2) is 44.1 Å². The Morgan fingerprint density at radius 1 is 1.25 bits per heavy atom. The molecule has 1 aromatic rings. The summed E-state index contributed by atoms with van der Waals surface area (Å²) in [5, 5.41) is 8.94. The number of hydrogen-bond acceptors (Lipinski definition) is 4. The molecule has 0 saturated carbocycles. The SMILES string of the molecule is O=S(=O)(c1ccc(F)c(CO)c1F)N1CCCOCC1. The average molecular weight is 307 g/mol. The second-order valence-electron chi connectivity index (χ2n) is 4.37. The van der Waals surface area contributed by atoms with E-state index in [4.69, 9.17) is 9.84 Å². The third-order valence-electron chi connectivity index (χ3n) is 3.11. The molecular weight excluding hydrogens is 292 g/mol. The van der Waals surface area contributed by atoms with E-state index in [0.717, 1.165) is 16.4 Å². The summed E-state index contributed by atoms with van der Waals surface area (Å²) in [6, 6.07) is 1.72. The van der Waals surface area contributed by atoms with E-state index in [0.29, 0.717) is 13.0 Å². The molecule has 0 aliphatic carbocycles. The highest BCUT2D eigenvalue weighted by atomic mass is 32.2.